The summed E-state index contributed by atoms with van der Waals surface area (Å²) in [6.07, 6.45) is 2.14. The van der Waals surface area contributed by atoms with Gasteiger partial charge in [0.15, 0.2) is 10.9 Å². The second-order valence-electron chi connectivity index (χ2n) is 4.85. The third-order valence-corrected chi connectivity index (χ3v) is 4.71. The molecule has 0 amide bonds. The number of hydrogen-bond donors (Lipinski definition) is 1. The molecule has 0 aliphatic carbocycles. The molecule has 2 rings (SSSR count). The number of aromatic nitrogens is 3. The van der Waals surface area contributed by atoms with Gasteiger partial charge in [-0.15, -0.1) is 5.10 Å². The molecule has 22 heavy (non-hydrogen) atoms. The fraction of sp³-hybridized carbons (Fsp3) is 0.400. The van der Waals surface area contributed by atoms with Gasteiger partial charge in [-0.2, -0.15) is 0 Å². The summed E-state index contributed by atoms with van der Waals surface area (Å²) in [4.78, 5) is 23.6. The second-order valence-corrected chi connectivity index (χ2v) is 6.82. The van der Waals surface area contributed by atoms with Gasteiger partial charge in [0.2, 0.25) is 0 Å². The Morgan fingerprint density at radius 1 is 1.36 bits per heavy atom. The van der Waals surface area contributed by atoms with E-state index in [-0.39, 0.29) is 11.5 Å². The maximum Gasteiger partial charge on any atom is 0.343 e. The summed E-state index contributed by atoms with van der Waals surface area (Å²) >= 11 is 4.86. The first kappa shape index (κ1) is 17.0. The number of benzene rings is 1. The van der Waals surface area contributed by atoms with Gasteiger partial charge < -0.3 is 0 Å². The van der Waals surface area contributed by atoms with Crippen LogP contribution >= 0.6 is 27.7 Å². The van der Waals surface area contributed by atoms with E-state index in [2.05, 4.69) is 26.1 Å². The molecule has 1 N–H and O–H groups in total. The van der Waals surface area contributed by atoms with Crippen LogP contribution in [0.4, 0.5) is 0 Å². The van der Waals surface area contributed by atoms with Gasteiger partial charge in [-0.25, -0.2) is 9.89 Å². The smallest absolute Gasteiger partial charge is 0.294 e. The van der Waals surface area contributed by atoms with E-state index in [0.717, 1.165) is 28.6 Å². The number of carbonyl (C=O) groups is 1. The second kappa shape index (κ2) is 8.33. The molecule has 0 fully saturated rings. The van der Waals surface area contributed by atoms with Gasteiger partial charge >= 0.3 is 5.69 Å². The van der Waals surface area contributed by atoms with Crippen molar-refractivity contribution in [2.45, 2.75) is 37.9 Å². The molecule has 5 nitrogen and oxygen atoms in total. The number of hydrogen-bond acceptors (Lipinski definition) is 4. The topological polar surface area (TPSA) is 67.8 Å². The Morgan fingerprint density at radius 2 is 2.09 bits per heavy atom. The summed E-state index contributed by atoms with van der Waals surface area (Å²) in [5.74, 6) is 0.900. The predicted molar refractivity (Wildman–Crippen MR) is 91.6 cm³/mol. The molecule has 0 atom stereocenters. The quantitative estimate of drug-likeness (QED) is 0.430. The van der Waals surface area contributed by atoms with Crippen molar-refractivity contribution in [2.75, 3.05) is 5.75 Å². The van der Waals surface area contributed by atoms with E-state index in [9.17, 15) is 9.59 Å². The summed E-state index contributed by atoms with van der Waals surface area (Å²) in [7, 11) is 0. The van der Waals surface area contributed by atoms with Crippen LogP contribution in [0.25, 0.3) is 0 Å². The minimum atomic E-state index is -0.171. The Hall–Kier alpha value is -1.34. The third kappa shape index (κ3) is 4.58. The highest BCUT2D eigenvalue weighted by Gasteiger charge is 2.09. The fourth-order valence-corrected chi connectivity index (χ4v) is 3.19. The number of nitrogens with one attached hydrogen (secondary N) is 1. The van der Waals surface area contributed by atoms with Gasteiger partial charge in [-0.05, 0) is 25.0 Å². The molecule has 0 aliphatic heterocycles. The maximum absolute atomic E-state index is 12.0. The standard InChI is InChI=1S/C15H18BrN3O2S/c1-2-9-19-14(21)17-18-15(19)22-10-3-4-13(20)11-5-7-12(16)8-6-11/h5-8H,2-4,9-10H2,1H3,(H,17,21). The van der Waals surface area contributed by atoms with E-state index in [0.29, 0.717) is 18.1 Å². The van der Waals surface area contributed by atoms with Crippen molar-refractivity contribution >= 4 is 33.5 Å². The molecule has 1 heterocycles. The zero-order valence-electron chi connectivity index (χ0n) is 12.3. The molecule has 0 radical (unpaired) electrons. The van der Waals surface area contributed by atoms with E-state index in [1.165, 1.54) is 11.8 Å². The van der Waals surface area contributed by atoms with Crippen LogP contribution in [0.3, 0.4) is 0 Å². The molecule has 118 valence electrons. The first-order valence-corrected chi connectivity index (χ1v) is 8.96. The molecule has 1 aromatic heterocycles. The van der Waals surface area contributed by atoms with E-state index >= 15 is 0 Å². The number of Topliss-reactive ketones (excluding diaryl/α,β-unsaturated/α-hetero) is 1. The highest BCUT2D eigenvalue weighted by atomic mass is 79.9. The lowest BCUT2D eigenvalue weighted by Gasteiger charge is -2.04. The summed E-state index contributed by atoms with van der Waals surface area (Å²) < 4.78 is 2.60. The van der Waals surface area contributed by atoms with Crippen molar-refractivity contribution in [1.82, 2.24) is 14.8 Å². The van der Waals surface area contributed by atoms with E-state index in [4.69, 9.17) is 0 Å². The molecule has 0 bridgehead atoms. The van der Waals surface area contributed by atoms with Crippen LogP contribution < -0.4 is 5.69 Å². The Bertz CT molecular complexity index is 679. The summed E-state index contributed by atoms with van der Waals surface area (Å²) in [5, 5.41) is 7.18. The lowest BCUT2D eigenvalue weighted by molar-refractivity contribution is 0.0982. The van der Waals surface area contributed by atoms with E-state index < -0.39 is 0 Å². The fourth-order valence-electron chi connectivity index (χ4n) is 2.01. The average molecular weight is 384 g/mol. The van der Waals surface area contributed by atoms with Crippen LogP contribution in [-0.4, -0.2) is 26.3 Å². The molecular weight excluding hydrogens is 366 g/mol. The van der Waals surface area contributed by atoms with Crippen LogP contribution in [0, 0.1) is 0 Å². The molecular formula is C15H18BrN3O2S. The first-order chi connectivity index (χ1) is 10.6. The lowest BCUT2D eigenvalue weighted by atomic mass is 10.1. The summed E-state index contributed by atoms with van der Waals surface area (Å²) in [6.45, 7) is 2.68. The third-order valence-electron chi connectivity index (χ3n) is 3.12. The number of halogens is 1. The van der Waals surface area contributed by atoms with Gasteiger partial charge in [-0.3, -0.25) is 9.36 Å². The Kier molecular flexibility index (Phi) is 6.45. The van der Waals surface area contributed by atoms with Gasteiger partial charge in [0, 0.05) is 28.8 Å². The number of ketones is 1. The monoisotopic (exact) mass is 383 g/mol. The van der Waals surface area contributed by atoms with Gasteiger partial charge in [0.05, 0.1) is 0 Å². The molecule has 1 aromatic carbocycles. The minimum Gasteiger partial charge on any atom is -0.294 e. The van der Waals surface area contributed by atoms with Crippen molar-refractivity contribution < 1.29 is 4.79 Å². The molecule has 0 saturated carbocycles. The largest absolute Gasteiger partial charge is 0.343 e. The van der Waals surface area contributed by atoms with Crippen molar-refractivity contribution in [3.63, 3.8) is 0 Å². The van der Waals surface area contributed by atoms with E-state index in [1.54, 1.807) is 4.57 Å². The van der Waals surface area contributed by atoms with Gasteiger partial charge in [0.1, 0.15) is 0 Å². The van der Waals surface area contributed by atoms with Crippen LogP contribution in [0.15, 0.2) is 38.7 Å². The number of H-pyrrole nitrogens is 1. The zero-order chi connectivity index (χ0) is 15.9. The predicted octanol–water partition coefficient (Wildman–Crippen LogP) is 3.50. The highest BCUT2D eigenvalue weighted by Crippen LogP contribution is 2.17. The molecule has 0 unspecified atom stereocenters. The molecule has 0 aliphatic rings. The lowest BCUT2D eigenvalue weighted by Crippen LogP contribution is -2.17. The van der Waals surface area contributed by atoms with Crippen molar-refractivity contribution in [3.05, 3.63) is 44.8 Å². The van der Waals surface area contributed by atoms with Crippen LogP contribution in [-0.2, 0) is 6.54 Å². The number of aromatic amines is 1. The van der Waals surface area contributed by atoms with E-state index in [1.807, 2.05) is 31.2 Å². The van der Waals surface area contributed by atoms with Crippen molar-refractivity contribution in [2.24, 2.45) is 0 Å². The van der Waals surface area contributed by atoms with Crippen molar-refractivity contribution in [1.29, 1.82) is 0 Å². The number of thioether (sulfide) groups is 1. The minimum absolute atomic E-state index is 0.140. The van der Waals surface area contributed by atoms with Crippen molar-refractivity contribution in [3.8, 4) is 0 Å². The molecule has 2 aromatic rings. The first-order valence-electron chi connectivity index (χ1n) is 7.18. The number of nitrogens with zero attached hydrogens (tertiary/aromatic N) is 2. The summed E-state index contributed by atoms with van der Waals surface area (Å²) in [5.41, 5.74) is 0.561. The van der Waals surface area contributed by atoms with Gasteiger partial charge in [-0.1, -0.05) is 46.7 Å². The molecule has 0 spiro atoms. The van der Waals surface area contributed by atoms with Crippen LogP contribution in [0.1, 0.15) is 36.5 Å². The Morgan fingerprint density at radius 3 is 2.77 bits per heavy atom. The zero-order valence-corrected chi connectivity index (χ0v) is 14.7. The number of carbonyl (C=O) groups excluding carboxylic acids is 1. The van der Waals surface area contributed by atoms with Gasteiger partial charge in [0.25, 0.3) is 0 Å². The highest BCUT2D eigenvalue weighted by molar-refractivity contribution is 9.10. The summed E-state index contributed by atoms with van der Waals surface area (Å²) in [6, 6.07) is 7.39. The average Bonchev–Trinajstić information content (AvgIpc) is 2.85. The van der Waals surface area contributed by atoms with Crippen LogP contribution in [0.5, 0.6) is 0 Å². The van der Waals surface area contributed by atoms with Crippen LogP contribution in [0.2, 0.25) is 0 Å². The number of rotatable bonds is 8. The molecule has 7 heteroatoms. The SMILES string of the molecule is CCCn1c(SCCCC(=O)c2ccc(Br)cc2)n[nH]c1=O. The molecule has 0 saturated heterocycles. The maximum atomic E-state index is 12.0. The Balaban J connectivity index is 1.81. The Labute approximate surface area is 141 Å². The normalized spacial score (nSPS) is 10.8.